The molecule has 0 spiro atoms. The highest BCUT2D eigenvalue weighted by Crippen LogP contribution is 2.32. The molecule has 2 aliphatic rings. The number of ether oxygens (including phenoxy) is 4. The van der Waals surface area contributed by atoms with Gasteiger partial charge >= 0.3 is 12.4 Å². The Balaban J connectivity index is 1.32. The highest BCUT2D eigenvalue weighted by molar-refractivity contribution is 5.94. The maximum absolute atomic E-state index is 13.1. The van der Waals surface area contributed by atoms with Crippen LogP contribution in [0.3, 0.4) is 0 Å². The third-order valence-corrected chi connectivity index (χ3v) is 7.40. The van der Waals surface area contributed by atoms with Gasteiger partial charge in [-0.05, 0) is 44.9 Å². The average Bonchev–Trinajstić information content (AvgIpc) is 3.18. The number of methoxy groups -OCH3 is 1. The van der Waals surface area contributed by atoms with Gasteiger partial charge in [0.2, 0.25) is 11.8 Å². The summed E-state index contributed by atoms with van der Waals surface area (Å²) in [5.41, 5.74) is 1.41. The molecule has 11 nitrogen and oxygen atoms in total. The first-order valence-corrected chi connectivity index (χ1v) is 15.1. The fourth-order valence-corrected chi connectivity index (χ4v) is 5.32. The predicted octanol–water partition coefficient (Wildman–Crippen LogP) is 4.13. The number of rotatable bonds is 11. The van der Waals surface area contributed by atoms with Gasteiger partial charge in [0, 0.05) is 60.0 Å². The van der Waals surface area contributed by atoms with E-state index >= 15 is 0 Å². The number of aryl methyl sites for hydroxylation is 1. The molecule has 2 heterocycles. The molecule has 1 aliphatic carbocycles. The summed E-state index contributed by atoms with van der Waals surface area (Å²) >= 11 is 0. The van der Waals surface area contributed by atoms with E-state index < -0.39 is 18.1 Å². The number of nitrogens with one attached hydrogen (secondary N) is 3. The molecule has 5 rings (SSSR count). The van der Waals surface area contributed by atoms with Gasteiger partial charge in [-0.1, -0.05) is 24.3 Å². The number of nitrogens with zero attached hydrogens (tertiary/aromatic N) is 3. The van der Waals surface area contributed by atoms with Crippen molar-refractivity contribution in [2.75, 3.05) is 57.1 Å². The molecule has 3 N–H and O–H groups in total. The normalized spacial score (nSPS) is 15.4. The quantitative estimate of drug-likeness (QED) is 0.266. The van der Waals surface area contributed by atoms with Crippen molar-refractivity contribution < 1.29 is 36.9 Å². The first-order valence-electron chi connectivity index (χ1n) is 15.1. The number of carbonyl (C=O) groups excluding carboxylic acids is 1. The average molecular weight is 643 g/mol. The monoisotopic (exact) mass is 642 g/mol. The van der Waals surface area contributed by atoms with Gasteiger partial charge < -0.3 is 34.9 Å². The van der Waals surface area contributed by atoms with Crippen LogP contribution in [-0.2, 0) is 4.74 Å². The second-order valence-corrected chi connectivity index (χ2v) is 10.8. The van der Waals surface area contributed by atoms with Crippen molar-refractivity contribution >= 4 is 29.1 Å². The number of hydrogen-bond acceptors (Lipinski definition) is 9. The number of fused-ring (bicyclic) bond motifs is 1. The number of urea groups is 1. The van der Waals surface area contributed by atoms with Crippen molar-refractivity contribution in [2.24, 2.45) is 0 Å². The molecule has 246 valence electrons. The van der Waals surface area contributed by atoms with Crippen molar-refractivity contribution in [3.63, 3.8) is 0 Å². The van der Waals surface area contributed by atoms with Crippen LogP contribution >= 0.6 is 0 Å². The smallest absolute Gasteiger partial charge is 0.495 e. The Kier molecular flexibility index (Phi) is 10.8. The van der Waals surface area contributed by atoms with Gasteiger partial charge in [-0.3, -0.25) is 4.90 Å². The van der Waals surface area contributed by atoms with Crippen LogP contribution < -0.4 is 40.6 Å². The van der Waals surface area contributed by atoms with E-state index in [1.165, 1.54) is 13.2 Å². The number of morpholine rings is 1. The molecule has 2 amide bonds. The van der Waals surface area contributed by atoms with Crippen LogP contribution in [0.5, 0.6) is 17.4 Å². The third kappa shape index (κ3) is 9.23. The molecule has 3 aromatic rings. The van der Waals surface area contributed by atoms with E-state index in [4.69, 9.17) is 14.2 Å². The van der Waals surface area contributed by atoms with Gasteiger partial charge in [-0.2, -0.15) is 4.98 Å². The Morgan fingerprint density at radius 2 is 1.80 bits per heavy atom. The van der Waals surface area contributed by atoms with Gasteiger partial charge in [0.15, 0.2) is 0 Å². The summed E-state index contributed by atoms with van der Waals surface area (Å²) in [6.45, 7) is 7.01. The molecule has 1 aromatic heterocycles. The van der Waals surface area contributed by atoms with E-state index in [1.54, 1.807) is 6.07 Å². The van der Waals surface area contributed by atoms with E-state index in [-0.39, 0.29) is 11.4 Å². The highest BCUT2D eigenvalue weighted by Gasteiger charge is 2.31. The Morgan fingerprint density at radius 1 is 1.02 bits per heavy atom. The molecule has 14 heteroatoms. The van der Waals surface area contributed by atoms with Gasteiger partial charge in [0.05, 0.1) is 26.0 Å². The van der Waals surface area contributed by atoms with Gasteiger partial charge in [0.25, 0.3) is 0 Å². The van der Waals surface area contributed by atoms with Crippen molar-refractivity contribution in [3.8, 4) is 17.4 Å². The number of benzene rings is 2. The Morgan fingerprint density at radius 3 is 2.57 bits per heavy atom. The maximum atomic E-state index is 13.1. The number of amides is 2. The molecule has 1 aliphatic heterocycles. The molecular formula is C32H37F3N6O5. The van der Waals surface area contributed by atoms with Crippen molar-refractivity contribution in [2.45, 2.75) is 39.0 Å². The number of carbonyl (C=O) groups is 1. The minimum Gasteiger partial charge on any atom is -0.495 e. The number of aromatic nitrogens is 2. The molecule has 1 fully saturated rings. The minimum absolute atomic E-state index is 0.0180. The standard InChI is InChI=1S/C32H37F3N6O5/c1-21-19-29(40-30(37-21)36-13-6-14-41-15-17-44-18-16-41)45-27-10-5-9-25(23-7-3-4-8-24(23)27)38-31(42)39-26-20-22(46-32(33,34)35)11-12-28(26)43-2/h3-4,7-8,11-12,19-20H,5-6,9-10,13-18H2,1-2H3,(H,36,37,40)(H2,38,39,42). The Bertz CT molecular complexity index is 1650. The van der Waals surface area contributed by atoms with Crippen molar-refractivity contribution in [3.05, 3.63) is 64.7 Å². The highest BCUT2D eigenvalue weighted by atomic mass is 19.4. The largest absolute Gasteiger partial charge is 0.573 e. The van der Waals surface area contributed by atoms with Crippen LogP contribution in [-0.4, -0.2) is 73.8 Å². The molecule has 1 saturated heterocycles. The van der Waals surface area contributed by atoms with Gasteiger partial charge in [-0.25, -0.2) is 9.78 Å². The van der Waals surface area contributed by atoms with E-state index in [0.717, 1.165) is 74.1 Å². The van der Waals surface area contributed by atoms with Crippen LogP contribution in [0.25, 0.3) is 11.5 Å². The maximum Gasteiger partial charge on any atom is 0.573 e. The van der Waals surface area contributed by atoms with E-state index in [1.807, 2.05) is 31.2 Å². The summed E-state index contributed by atoms with van der Waals surface area (Å²) in [6.07, 6.45) is -2.17. The van der Waals surface area contributed by atoms with Crippen LogP contribution in [0.15, 0.2) is 48.5 Å². The van der Waals surface area contributed by atoms with Crippen LogP contribution in [0, 0.1) is 6.92 Å². The summed E-state index contributed by atoms with van der Waals surface area (Å²) < 4.78 is 59.2. The van der Waals surface area contributed by atoms with Crippen molar-refractivity contribution in [1.82, 2.24) is 20.2 Å². The summed E-state index contributed by atoms with van der Waals surface area (Å²) in [6, 6.07) is 12.1. The first-order chi connectivity index (χ1) is 22.2. The number of halogens is 3. The zero-order chi connectivity index (χ0) is 32.5. The van der Waals surface area contributed by atoms with Crippen LogP contribution in [0.1, 0.15) is 31.4 Å². The Labute approximate surface area is 264 Å². The van der Waals surface area contributed by atoms with Crippen LogP contribution in [0.2, 0.25) is 0 Å². The molecule has 0 radical (unpaired) electrons. The summed E-state index contributed by atoms with van der Waals surface area (Å²) in [7, 11) is 1.35. The lowest BCUT2D eigenvalue weighted by molar-refractivity contribution is -0.274. The second-order valence-electron chi connectivity index (χ2n) is 10.8. The molecular weight excluding hydrogens is 605 g/mol. The lowest BCUT2D eigenvalue weighted by Crippen LogP contribution is -2.37. The number of hydrogen-bond donors (Lipinski definition) is 3. The summed E-state index contributed by atoms with van der Waals surface area (Å²) in [5.74, 6) is 1.29. The molecule has 46 heavy (non-hydrogen) atoms. The van der Waals surface area contributed by atoms with Crippen molar-refractivity contribution in [1.29, 1.82) is 0 Å². The lowest BCUT2D eigenvalue weighted by atomic mass is 10.2. The molecule has 0 unspecified atom stereocenters. The zero-order valence-corrected chi connectivity index (χ0v) is 25.7. The van der Waals surface area contributed by atoms with Gasteiger partial charge in [0.1, 0.15) is 17.3 Å². The number of alkyl halides is 3. The SMILES string of the molecule is COc1ccc(OC(F)(F)F)cc1NC(=O)NC1=c2ccccc2=C(Oc2cc(C)nc(NCCCN3CCOCC3)n2)CCC1. The fourth-order valence-electron chi connectivity index (χ4n) is 5.32. The van der Waals surface area contributed by atoms with Gasteiger partial charge in [-0.15, -0.1) is 13.2 Å². The molecule has 0 saturated carbocycles. The van der Waals surface area contributed by atoms with E-state index in [2.05, 4.69) is 35.6 Å². The summed E-state index contributed by atoms with van der Waals surface area (Å²) in [4.78, 5) is 24.6. The molecule has 0 atom stereocenters. The Hall–Kier alpha value is -4.56. The second kappa shape index (κ2) is 15.1. The summed E-state index contributed by atoms with van der Waals surface area (Å²) in [5, 5.41) is 10.3. The van der Waals surface area contributed by atoms with E-state index in [0.29, 0.717) is 42.5 Å². The minimum atomic E-state index is -4.88. The molecule has 0 bridgehead atoms. The topological polar surface area (TPSA) is 119 Å². The molecule has 2 aromatic carbocycles. The first kappa shape index (κ1) is 32.8. The fraction of sp³-hybridized carbons (Fsp3) is 0.406. The third-order valence-electron chi connectivity index (χ3n) is 7.40. The van der Waals surface area contributed by atoms with E-state index in [9.17, 15) is 18.0 Å². The zero-order valence-electron chi connectivity index (χ0n) is 25.7. The lowest BCUT2D eigenvalue weighted by Gasteiger charge is -2.26. The number of anilines is 2. The predicted molar refractivity (Wildman–Crippen MR) is 166 cm³/mol. The van der Waals surface area contributed by atoms with Crippen LogP contribution in [0.4, 0.5) is 29.6 Å².